The van der Waals surface area contributed by atoms with E-state index in [0.29, 0.717) is 19.8 Å². The first-order valence-electron chi connectivity index (χ1n) is 7.24. The highest BCUT2D eigenvalue weighted by Gasteiger charge is 2.23. The van der Waals surface area contributed by atoms with Gasteiger partial charge in [-0.1, -0.05) is 48.6 Å². The van der Waals surface area contributed by atoms with Crippen LogP contribution in [0.3, 0.4) is 0 Å². The highest BCUT2D eigenvalue weighted by Crippen LogP contribution is 2.16. The van der Waals surface area contributed by atoms with Gasteiger partial charge in [0.25, 0.3) is 0 Å². The molecule has 1 aliphatic heterocycles. The lowest BCUT2D eigenvalue weighted by atomic mass is 10.1. The maximum Gasteiger partial charge on any atom is 0.177 e. The van der Waals surface area contributed by atoms with Gasteiger partial charge in [-0.3, -0.25) is 0 Å². The zero-order chi connectivity index (χ0) is 14.9. The van der Waals surface area contributed by atoms with Crippen molar-refractivity contribution >= 4 is 6.08 Å². The monoisotopic (exact) mass is 290 g/mol. The fraction of sp³-hybridized carbons (Fsp3) is 0.412. The highest BCUT2D eigenvalue weighted by atomic mass is 16.7. The smallest absolute Gasteiger partial charge is 0.177 e. The van der Waals surface area contributed by atoms with Crippen molar-refractivity contribution in [2.24, 2.45) is 0 Å². The van der Waals surface area contributed by atoms with Gasteiger partial charge in [0.2, 0.25) is 0 Å². The van der Waals surface area contributed by atoms with Crippen LogP contribution in [0.25, 0.3) is 6.08 Å². The van der Waals surface area contributed by atoms with Crippen LogP contribution in [0.2, 0.25) is 0 Å². The number of hydrogen-bond acceptors (Lipinski definition) is 4. The van der Waals surface area contributed by atoms with E-state index in [2.05, 4.69) is 0 Å². The SMILES string of the molecule is CCOCCOC1C=C[C@H](O)[C@H](/C=C/c2ccccc2)O1. The number of aliphatic hydroxyl groups excluding tert-OH is 1. The molecule has 1 unspecified atom stereocenters. The Morgan fingerprint density at radius 1 is 1.19 bits per heavy atom. The second kappa shape index (κ2) is 8.74. The number of hydrogen-bond donors (Lipinski definition) is 1. The molecule has 4 nitrogen and oxygen atoms in total. The van der Waals surface area contributed by atoms with Crippen molar-refractivity contribution in [1.29, 1.82) is 0 Å². The Kier molecular flexibility index (Phi) is 6.63. The maximum absolute atomic E-state index is 9.93. The van der Waals surface area contributed by atoms with Crippen molar-refractivity contribution in [2.75, 3.05) is 19.8 Å². The molecule has 1 N–H and O–H groups in total. The van der Waals surface area contributed by atoms with Crippen LogP contribution in [0.15, 0.2) is 48.6 Å². The minimum atomic E-state index is -0.656. The molecule has 0 spiro atoms. The molecule has 3 atom stereocenters. The van der Waals surface area contributed by atoms with Crippen molar-refractivity contribution in [3.63, 3.8) is 0 Å². The maximum atomic E-state index is 9.93. The fourth-order valence-corrected chi connectivity index (χ4v) is 1.99. The molecule has 1 aromatic rings. The van der Waals surface area contributed by atoms with Gasteiger partial charge >= 0.3 is 0 Å². The van der Waals surface area contributed by atoms with E-state index in [1.165, 1.54) is 0 Å². The third kappa shape index (κ3) is 5.44. The summed E-state index contributed by atoms with van der Waals surface area (Å²) in [5.41, 5.74) is 1.07. The lowest BCUT2D eigenvalue weighted by molar-refractivity contribution is -0.162. The lowest BCUT2D eigenvalue weighted by Crippen LogP contribution is -2.35. The van der Waals surface area contributed by atoms with E-state index in [0.717, 1.165) is 5.56 Å². The Hall–Kier alpha value is -1.46. The molecule has 0 bridgehead atoms. The van der Waals surface area contributed by atoms with Gasteiger partial charge in [-0.25, -0.2) is 0 Å². The van der Waals surface area contributed by atoms with Gasteiger partial charge in [0, 0.05) is 6.61 Å². The predicted octanol–water partition coefficient (Wildman–Crippen LogP) is 2.39. The zero-order valence-corrected chi connectivity index (χ0v) is 12.2. The quantitative estimate of drug-likeness (QED) is 0.619. The van der Waals surface area contributed by atoms with Gasteiger partial charge in [0.1, 0.15) is 12.2 Å². The van der Waals surface area contributed by atoms with Crippen molar-refractivity contribution in [1.82, 2.24) is 0 Å². The Morgan fingerprint density at radius 2 is 2.00 bits per heavy atom. The molecule has 1 heterocycles. The van der Waals surface area contributed by atoms with Crippen LogP contribution in [-0.2, 0) is 14.2 Å². The van der Waals surface area contributed by atoms with Gasteiger partial charge < -0.3 is 19.3 Å². The molecular weight excluding hydrogens is 268 g/mol. The molecule has 0 amide bonds. The van der Waals surface area contributed by atoms with Crippen LogP contribution in [0.4, 0.5) is 0 Å². The van der Waals surface area contributed by atoms with Crippen LogP contribution in [0.1, 0.15) is 12.5 Å². The molecule has 4 heteroatoms. The molecule has 0 aliphatic carbocycles. The highest BCUT2D eigenvalue weighted by molar-refractivity contribution is 5.49. The van der Waals surface area contributed by atoms with E-state index in [4.69, 9.17) is 14.2 Å². The largest absolute Gasteiger partial charge is 0.386 e. The zero-order valence-electron chi connectivity index (χ0n) is 12.2. The van der Waals surface area contributed by atoms with Gasteiger partial charge in [-0.15, -0.1) is 0 Å². The Balaban J connectivity index is 1.85. The summed E-state index contributed by atoms with van der Waals surface area (Å²) in [5, 5.41) is 9.93. The summed E-state index contributed by atoms with van der Waals surface area (Å²) in [6, 6.07) is 9.90. The number of benzene rings is 1. The van der Waals surface area contributed by atoms with E-state index in [1.54, 1.807) is 12.2 Å². The van der Waals surface area contributed by atoms with Crippen LogP contribution in [0, 0.1) is 0 Å². The van der Waals surface area contributed by atoms with Crippen molar-refractivity contribution in [3.05, 3.63) is 54.1 Å². The predicted molar refractivity (Wildman–Crippen MR) is 81.7 cm³/mol. The number of rotatable bonds is 7. The Morgan fingerprint density at radius 3 is 2.76 bits per heavy atom. The second-order valence-electron chi connectivity index (χ2n) is 4.68. The molecular formula is C17H22O4. The van der Waals surface area contributed by atoms with E-state index in [1.807, 2.05) is 49.4 Å². The van der Waals surface area contributed by atoms with Gasteiger partial charge in [0.15, 0.2) is 6.29 Å². The van der Waals surface area contributed by atoms with Crippen LogP contribution in [-0.4, -0.2) is 43.4 Å². The molecule has 21 heavy (non-hydrogen) atoms. The standard InChI is InChI=1S/C17H22O4/c1-2-19-12-13-20-17-11-9-15(18)16(21-17)10-8-14-6-4-3-5-7-14/h3-11,15-18H,2,12-13H2,1H3/b10-8+/t15-,16-,17?/m0/s1. The van der Waals surface area contributed by atoms with Crippen molar-refractivity contribution in [2.45, 2.75) is 25.4 Å². The summed E-state index contributed by atoms with van der Waals surface area (Å²) in [5.74, 6) is 0. The molecule has 1 aromatic carbocycles. The average Bonchev–Trinajstić information content (AvgIpc) is 2.53. The fourth-order valence-electron chi connectivity index (χ4n) is 1.99. The van der Waals surface area contributed by atoms with Crippen LogP contribution < -0.4 is 0 Å². The summed E-state index contributed by atoms with van der Waals surface area (Å²) in [7, 11) is 0. The van der Waals surface area contributed by atoms with Gasteiger partial charge in [-0.2, -0.15) is 0 Å². The van der Waals surface area contributed by atoms with Crippen LogP contribution >= 0.6 is 0 Å². The van der Waals surface area contributed by atoms with E-state index in [9.17, 15) is 5.11 Å². The normalized spacial score (nSPS) is 25.5. The Bertz CT molecular complexity index is 455. The second-order valence-corrected chi connectivity index (χ2v) is 4.68. The summed E-state index contributed by atoms with van der Waals surface area (Å²) < 4.78 is 16.4. The molecule has 1 aliphatic rings. The first kappa shape index (κ1) is 15.9. The molecule has 114 valence electrons. The molecule has 2 rings (SSSR count). The Labute approximate surface area is 125 Å². The third-order valence-electron chi connectivity index (χ3n) is 3.09. The summed E-state index contributed by atoms with van der Waals surface area (Å²) in [6.45, 7) is 3.62. The van der Waals surface area contributed by atoms with E-state index < -0.39 is 18.5 Å². The van der Waals surface area contributed by atoms with Crippen LogP contribution in [0.5, 0.6) is 0 Å². The average molecular weight is 290 g/mol. The molecule has 0 fully saturated rings. The first-order valence-corrected chi connectivity index (χ1v) is 7.24. The van der Waals surface area contributed by atoms with E-state index in [-0.39, 0.29) is 0 Å². The van der Waals surface area contributed by atoms with Gasteiger partial charge in [-0.05, 0) is 18.6 Å². The number of ether oxygens (including phenoxy) is 3. The summed E-state index contributed by atoms with van der Waals surface area (Å²) in [6.07, 6.45) is 5.70. The molecule has 0 saturated heterocycles. The topological polar surface area (TPSA) is 47.9 Å². The molecule has 0 saturated carbocycles. The third-order valence-corrected chi connectivity index (χ3v) is 3.09. The lowest BCUT2D eigenvalue weighted by Gasteiger charge is -2.27. The van der Waals surface area contributed by atoms with Crippen molar-refractivity contribution < 1.29 is 19.3 Å². The first-order chi connectivity index (χ1) is 10.3. The number of aliphatic hydroxyl groups is 1. The molecule has 0 aromatic heterocycles. The molecule has 0 radical (unpaired) electrons. The summed E-state index contributed by atoms with van der Waals surface area (Å²) in [4.78, 5) is 0. The van der Waals surface area contributed by atoms with E-state index >= 15 is 0 Å². The minimum absolute atomic E-state index is 0.410. The van der Waals surface area contributed by atoms with Crippen molar-refractivity contribution in [3.8, 4) is 0 Å². The summed E-state index contributed by atoms with van der Waals surface area (Å²) >= 11 is 0. The van der Waals surface area contributed by atoms with Gasteiger partial charge in [0.05, 0.1) is 13.2 Å². The minimum Gasteiger partial charge on any atom is -0.386 e.